The van der Waals surface area contributed by atoms with Gasteiger partial charge in [0.25, 0.3) is 11.5 Å². The van der Waals surface area contributed by atoms with Crippen LogP contribution in [0.1, 0.15) is 41.4 Å². The fraction of sp³-hybridized carbons (Fsp3) is 0.444. The number of aromatic nitrogens is 4. The first-order valence-corrected chi connectivity index (χ1v) is 12.7. The van der Waals surface area contributed by atoms with Crippen molar-refractivity contribution in [1.82, 2.24) is 24.0 Å². The van der Waals surface area contributed by atoms with Crippen LogP contribution in [0.4, 0.5) is 5.82 Å². The zero-order valence-corrected chi connectivity index (χ0v) is 22.4. The smallest absolute Gasteiger partial charge is 0.331 e. The normalized spacial score (nSPS) is 15.1. The first kappa shape index (κ1) is 27.6. The summed E-state index contributed by atoms with van der Waals surface area (Å²) in [6.45, 7) is 3.28. The van der Waals surface area contributed by atoms with E-state index in [4.69, 9.17) is 10.5 Å². The van der Waals surface area contributed by atoms with E-state index in [2.05, 4.69) is 28.2 Å². The van der Waals surface area contributed by atoms with Crippen LogP contribution < -0.4 is 27.2 Å². The summed E-state index contributed by atoms with van der Waals surface area (Å²) < 4.78 is 9.14. The number of ether oxygens (including phenoxy) is 1. The van der Waals surface area contributed by atoms with E-state index in [1.54, 1.807) is 23.6 Å². The van der Waals surface area contributed by atoms with Gasteiger partial charge < -0.3 is 25.3 Å². The molecule has 0 radical (unpaired) electrons. The molecule has 0 unspecified atom stereocenters. The van der Waals surface area contributed by atoms with Crippen molar-refractivity contribution in [3.05, 3.63) is 56.0 Å². The molecule has 3 aromatic heterocycles. The van der Waals surface area contributed by atoms with E-state index in [0.29, 0.717) is 31.2 Å². The Balaban J connectivity index is 2.05. The van der Waals surface area contributed by atoms with Gasteiger partial charge in [-0.15, -0.1) is 5.92 Å². The van der Waals surface area contributed by atoms with Gasteiger partial charge in [-0.1, -0.05) is 5.92 Å². The van der Waals surface area contributed by atoms with E-state index in [1.807, 2.05) is 4.90 Å². The Labute approximate surface area is 225 Å². The Morgan fingerprint density at radius 1 is 1.31 bits per heavy atom. The van der Waals surface area contributed by atoms with Crippen molar-refractivity contribution in [3.8, 4) is 17.9 Å². The fourth-order valence-corrected chi connectivity index (χ4v) is 4.99. The third-order valence-corrected chi connectivity index (χ3v) is 6.82. The highest BCUT2D eigenvalue weighted by molar-refractivity contribution is 6.11. The Morgan fingerprint density at radius 2 is 2.10 bits per heavy atom. The lowest BCUT2D eigenvalue weighted by atomic mass is 10.1. The molecule has 12 heteroatoms. The maximum Gasteiger partial charge on any atom is 0.331 e. The number of hydrogen-bond acceptors (Lipinski definition) is 8. The summed E-state index contributed by atoms with van der Waals surface area (Å²) in [5.74, 6) is 5.94. The molecule has 1 aliphatic heterocycles. The molecule has 1 aliphatic rings. The number of hydrogen-bond donors (Lipinski definition) is 2. The predicted octanol–water partition coefficient (Wildman–Crippen LogP) is 0.144. The van der Waals surface area contributed by atoms with Crippen LogP contribution >= 0.6 is 0 Å². The lowest BCUT2D eigenvalue weighted by molar-refractivity contribution is 0.0938. The number of amides is 1. The molecule has 0 spiro atoms. The van der Waals surface area contributed by atoms with Gasteiger partial charge in [0.05, 0.1) is 36.5 Å². The number of carbonyl (C=O) groups excluding carboxylic acids is 1. The third-order valence-electron chi connectivity index (χ3n) is 6.82. The lowest BCUT2D eigenvalue weighted by Gasteiger charge is -2.33. The Bertz CT molecular complexity index is 1620. The molecule has 1 saturated heterocycles. The SMILES string of the molecule is CC#CCn1c(N2CCC[C@@H](N)C2)c(C(=O)NCCOC)c2c1c(=O)n(Cc1ncccc1C#N)c(=O)n2C. The van der Waals surface area contributed by atoms with E-state index >= 15 is 0 Å². The summed E-state index contributed by atoms with van der Waals surface area (Å²) in [5.41, 5.74) is 6.23. The molecule has 39 heavy (non-hydrogen) atoms. The molecule has 12 nitrogen and oxygen atoms in total. The van der Waals surface area contributed by atoms with E-state index < -0.39 is 17.2 Å². The monoisotopic (exact) mass is 532 g/mol. The molecule has 4 rings (SSSR count). The molecule has 0 aromatic carbocycles. The molecule has 4 heterocycles. The Kier molecular flexibility index (Phi) is 8.49. The molecular weight excluding hydrogens is 500 g/mol. The average Bonchev–Trinajstić information content (AvgIpc) is 3.28. The second-order valence-electron chi connectivity index (χ2n) is 9.35. The molecule has 1 atom stereocenters. The van der Waals surface area contributed by atoms with Gasteiger partial charge in [0, 0.05) is 46.0 Å². The van der Waals surface area contributed by atoms with Crippen LogP contribution in [0, 0.1) is 23.2 Å². The molecule has 3 N–H and O–H groups in total. The second-order valence-corrected chi connectivity index (χ2v) is 9.35. The summed E-state index contributed by atoms with van der Waals surface area (Å²) in [5, 5.41) is 12.4. The summed E-state index contributed by atoms with van der Waals surface area (Å²) in [6.07, 6.45) is 3.16. The topological polar surface area (TPSA) is 153 Å². The highest BCUT2D eigenvalue weighted by Crippen LogP contribution is 2.32. The summed E-state index contributed by atoms with van der Waals surface area (Å²) in [6, 6.07) is 5.14. The summed E-state index contributed by atoms with van der Waals surface area (Å²) >= 11 is 0. The molecule has 204 valence electrons. The Hall–Kier alpha value is -4.39. The van der Waals surface area contributed by atoms with Gasteiger partial charge in [-0.05, 0) is 31.9 Å². The van der Waals surface area contributed by atoms with E-state index in [-0.39, 0.29) is 47.8 Å². The van der Waals surface area contributed by atoms with E-state index in [0.717, 1.165) is 17.4 Å². The Morgan fingerprint density at radius 3 is 2.79 bits per heavy atom. The zero-order valence-electron chi connectivity index (χ0n) is 22.4. The van der Waals surface area contributed by atoms with Gasteiger partial charge >= 0.3 is 5.69 Å². The predicted molar refractivity (Wildman–Crippen MR) is 147 cm³/mol. The minimum atomic E-state index is -0.631. The van der Waals surface area contributed by atoms with Crippen LogP contribution in [-0.2, 0) is 24.9 Å². The maximum atomic E-state index is 14.1. The largest absolute Gasteiger partial charge is 0.383 e. The standard InChI is InChI=1S/C27H32N8O4/c1-4-5-13-34-23-22(21(24(36)31-11-14-39-3)25(34)33-12-7-9-19(29)16-33)32(2)27(38)35(26(23)37)17-20-18(15-28)8-6-10-30-20/h6,8,10,19H,7,9,11-14,16-17,29H2,1-3H3,(H,31,36)/t19-/m1/s1. The van der Waals surface area contributed by atoms with Crippen molar-refractivity contribution < 1.29 is 9.53 Å². The minimum absolute atomic E-state index is 0.110. The molecule has 1 amide bonds. The van der Waals surface area contributed by atoms with Crippen molar-refractivity contribution in [2.45, 2.75) is 38.9 Å². The number of fused-ring (bicyclic) bond motifs is 1. The quantitative estimate of drug-likeness (QED) is 0.307. The first-order chi connectivity index (χ1) is 18.8. The van der Waals surface area contributed by atoms with Crippen molar-refractivity contribution in [3.63, 3.8) is 0 Å². The number of rotatable bonds is 8. The maximum absolute atomic E-state index is 14.1. The highest BCUT2D eigenvalue weighted by Gasteiger charge is 2.32. The zero-order chi connectivity index (χ0) is 28.1. The van der Waals surface area contributed by atoms with Gasteiger partial charge in [0.2, 0.25) is 0 Å². The van der Waals surface area contributed by atoms with Crippen molar-refractivity contribution in [2.24, 2.45) is 12.8 Å². The number of pyridine rings is 1. The minimum Gasteiger partial charge on any atom is -0.383 e. The van der Waals surface area contributed by atoms with Crippen LogP contribution in [0.25, 0.3) is 11.0 Å². The van der Waals surface area contributed by atoms with Crippen molar-refractivity contribution in [2.75, 3.05) is 38.3 Å². The number of piperidine rings is 1. The third kappa shape index (κ3) is 5.30. The van der Waals surface area contributed by atoms with E-state index in [9.17, 15) is 19.6 Å². The van der Waals surface area contributed by atoms with Gasteiger partial charge in [0.15, 0.2) is 0 Å². The van der Waals surface area contributed by atoms with E-state index in [1.165, 1.54) is 24.9 Å². The lowest BCUT2D eigenvalue weighted by Crippen LogP contribution is -2.44. The fourth-order valence-electron chi connectivity index (χ4n) is 4.99. The molecule has 0 saturated carbocycles. The number of anilines is 1. The number of aryl methyl sites for hydroxylation is 1. The highest BCUT2D eigenvalue weighted by atomic mass is 16.5. The van der Waals surface area contributed by atoms with Crippen LogP contribution in [-0.4, -0.2) is 64.0 Å². The van der Waals surface area contributed by atoms with Crippen LogP contribution in [0.15, 0.2) is 27.9 Å². The van der Waals surface area contributed by atoms with Gasteiger partial charge in [-0.25, -0.2) is 4.79 Å². The number of nitriles is 1. The number of carbonyl (C=O) groups is 1. The van der Waals surface area contributed by atoms with Gasteiger partial charge in [0.1, 0.15) is 23.0 Å². The van der Waals surface area contributed by atoms with Gasteiger partial charge in [-0.2, -0.15) is 5.26 Å². The first-order valence-electron chi connectivity index (χ1n) is 12.7. The molecule has 1 fully saturated rings. The average molecular weight is 533 g/mol. The van der Waals surface area contributed by atoms with Crippen LogP contribution in [0.3, 0.4) is 0 Å². The molecule has 0 bridgehead atoms. The number of nitrogens with zero attached hydrogens (tertiary/aromatic N) is 6. The molecule has 3 aromatic rings. The number of methoxy groups -OCH3 is 1. The summed E-state index contributed by atoms with van der Waals surface area (Å²) in [7, 11) is 3.06. The number of nitrogens with two attached hydrogens (primary N) is 1. The van der Waals surface area contributed by atoms with Crippen molar-refractivity contribution >= 4 is 22.8 Å². The molecular formula is C27H32N8O4. The van der Waals surface area contributed by atoms with Crippen LogP contribution in [0.5, 0.6) is 0 Å². The summed E-state index contributed by atoms with van der Waals surface area (Å²) in [4.78, 5) is 47.5. The molecule has 0 aliphatic carbocycles. The van der Waals surface area contributed by atoms with Gasteiger partial charge in [-0.3, -0.25) is 23.7 Å². The van der Waals surface area contributed by atoms with Crippen molar-refractivity contribution in [1.29, 1.82) is 5.26 Å². The van der Waals surface area contributed by atoms with Crippen LogP contribution in [0.2, 0.25) is 0 Å². The second kappa shape index (κ2) is 12.0. The number of nitrogens with one attached hydrogen (secondary N) is 1.